The lowest BCUT2D eigenvalue weighted by Gasteiger charge is -2.20. The minimum absolute atomic E-state index is 0.0588. The van der Waals surface area contributed by atoms with E-state index in [9.17, 15) is 15.0 Å². The van der Waals surface area contributed by atoms with Crippen LogP contribution in [0.25, 0.3) is 0 Å². The Morgan fingerprint density at radius 2 is 0.725 bits per heavy atom. The zero-order valence-electron chi connectivity index (χ0n) is 34.9. The maximum atomic E-state index is 12.4. The number of amides is 1. The fraction of sp³-hybridized carbons (Fsp3) is 0.936. The van der Waals surface area contributed by atoms with Gasteiger partial charge in [0.1, 0.15) is 0 Å². The second-order valence-electron chi connectivity index (χ2n) is 16.2. The first-order valence-corrected chi connectivity index (χ1v) is 23.4. The average Bonchev–Trinajstić information content (AvgIpc) is 3.13. The summed E-state index contributed by atoms with van der Waals surface area (Å²) >= 11 is 0. The third-order valence-corrected chi connectivity index (χ3v) is 11.0. The highest BCUT2D eigenvalue weighted by molar-refractivity contribution is 5.76. The minimum Gasteiger partial charge on any atom is -0.394 e. The summed E-state index contributed by atoms with van der Waals surface area (Å²) in [7, 11) is 0. The van der Waals surface area contributed by atoms with Crippen LogP contribution in [0.1, 0.15) is 264 Å². The number of allylic oxidation sites excluding steroid dienone is 1. The Labute approximate surface area is 320 Å². The lowest BCUT2D eigenvalue weighted by atomic mass is 10.0. The first kappa shape index (κ1) is 50.1. The highest BCUT2D eigenvalue weighted by Gasteiger charge is 2.18. The molecule has 0 aromatic carbocycles. The molecular weight excluding hydrogens is 627 g/mol. The van der Waals surface area contributed by atoms with Crippen LogP contribution in [0, 0.1) is 0 Å². The molecule has 0 rings (SSSR count). The quantitative estimate of drug-likeness (QED) is 0.0434. The van der Waals surface area contributed by atoms with E-state index in [0.29, 0.717) is 6.42 Å². The van der Waals surface area contributed by atoms with Gasteiger partial charge in [0.15, 0.2) is 0 Å². The zero-order valence-corrected chi connectivity index (χ0v) is 34.9. The molecule has 0 aromatic rings. The predicted octanol–water partition coefficient (Wildman–Crippen LogP) is 14.6. The molecule has 0 saturated heterocycles. The van der Waals surface area contributed by atoms with E-state index in [-0.39, 0.29) is 12.5 Å². The van der Waals surface area contributed by atoms with Gasteiger partial charge in [-0.2, -0.15) is 0 Å². The second-order valence-corrected chi connectivity index (χ2v) is 16.2. The predicted molar refractivity (Wildman–Crippen MR) is 226 cm³/mol. The molecule has 304 valence electrons. The smallest absolute Gasteiger partial charge is 0.220 e. The van der Waals surface area contributed by atoms with Crippen molar-refractivity contribution < 1.29 is 15.0 Å². The van der Waals surface area contributed by atoms with Gasteiger partial charge in [0.2, 0.25) is 5.91 Å². The lowest BCUT2D eigenvalue weighted by molar-refractivity contribution is -0.123. The van der Waals surface area contributed by atoms with Gasteiger partial charge in [0.25, 0.3) is 0 Å². The molecule has 1 amide bonds. The molecular formula is C47H93NO3. The summed E-state index contributed by atoms with van der Waals surface area (Å²) in [5, 5.41) is 23.0. The van der Waals surface area contributed by atoms with E-state index >= 15 is 0 Å². The fourth-order valence-electron chi connectivity index (χ4n) is 7.42. The molecule has 4 nitrogen and oxygen atoms in total. The molecule has 0 saturated carbocycles. The Morgan fingerprint density at radius 1 is 0.451 bits per heavy atom. The normalized spacial score (nSPS) is 12.9. The van der Waals surface area contributed by atoms with E-state index in [1.54, 1.807) is 6.08 Å². The van der Waals surface area contributed by atoms with Gasteiger partial charge in [-0.3, -0.25) is 4.79 Å². The van der Waals surface area contributed by atoms with Crippen LogP contribution in [0.4, 0.5) is 0 Å². The molecule has 0 aromatic heterocycles. The summed E-state index contributed by atoms with van der Waals surface area (Å²) in [4.78, 5) is 12.4. The first-order valence-electron chi connectivity index (χ1n) is 23.4. The Kier molecular flexibility index (Phi) is 42.8. The number of unbranched alkanes of at least 4 members (excludes halogenated alkanes) is 36. The minimum atomic E-state index is -0.833. The lowest BCUT2D eigenvalue weighted by Crippen LogP contribution is -2.45. The van der Waals surface area contributed by atoms with Gasteiger partial charge in [-0.25, -0.2) is 0 Å². The number of aliphatic hydroxyl groups excluding tert-OH is 2. The van der Waals surface area contributed by atoms with Gasteiger partial charge in [0.05, 0.1) is 18.8 Å². The molecule has 0 unspecified atom stereocenters. The van der Waals surface area contributed by atoms with Crippen molar-refractivity contribution >= 4 is 5.91 Å². The SMILES string of the molecule is CCCCCCCCCCCCCC/C=C/[C@@H](O)[C@H](CO)NC(=O)CCCCCCCCCCCCCCCCCCCCCCCCCCC. The monoisotopic (exact) mass is 720 g/mol. The van der Waals surface area contributed by atoms with Crippen molar-refractivity contribution in [1.29, 1.82) is 0 Å². The van der Waals surface area contributed by atoms with E-state index in [0.717, 1.165) is 25.7 Å². The van der Waals surface area contributed by atoms with Crippen LogP contribution < -0.4 is 5.32 Å². The van der Waals surface area contributed by atoms with E-state index in [1.807, 2.05) is 6.08 Å². The molecule has 0 fully saturated rings. The van der Waals surface area contributed by atoms with Crippen molar-refractivity contribution in [3.8, 4) is 0 Å². The summed E-state index contributed by atoms with van der Waals surface area (Å²) in [6.07, 6.45) is 54.8. The third kappa shape index (κ3) is 40.2. The fourth-order valence-corrected chi connectivity index (χ4v) is 7.42. The van der Waals surface area contributed by atoms with Crippen LogP contribution in [0.15, 0.2) is 12.2 Å². The standard InChI is InChI=1S/C47H93NO3/c1-3-5-7-9-11-13-15-17-19-20-21-22-23-24-25-26-27-28-29-31-33-35-37-39-41-43-47(51)48-45(44-49)46(50)42-40-38-36-34-32-30-18-16-14-12-10-8-6-4-2/h40,42,45-46,49-50H,3-39,41,43-44H2,1-2H3,(H,48,51)/b42-40+/t45-,46+/m0/s1. The van der Waals surface area contributed by atoms with Crippen LogP contribution in [-0.2, 0) is 4.79 Å². The summed E-state index contributed by atoms with van der Waals surface area (Å²) in [6.45, 7) is 4.33. The maximum Gasteiger partial charge on any atom is 0.220 e. The second kappa shape index (κ2) is 43.5. The summed E-state index contributed by atoms with van der Waals surface area (Å²) in [5.74, 6) is -0.0588. The molecule has 0 aliphatic heterocycles. The molecule has 0 radical (unpaired) electrons. The van der Waals surface area contributed by atoms with Crippen molar-refractivity contribution in [2.45, 2.75) is 276 Å². The molecule has 0 bridgehead atoms. The van der Waals surface area contributed by atoms with Gasteiger partial charge < -0.3 is 15.5 Å². The molecule has 51 heavy (non-hydrogen) atoms. The number of rotatable bonds is 43. The van der Waals surface area contributed by atoms with Crippen molar-refractivity contribution in [3.05, 3.63) is 12.2 Å². The highest BCUT2D eigenvalue weighted by atomic mass is 16.3. The molecule has 0 aliphatic rings. The maximum absolute atomic E-state index is 12.4. The van der Waals surface area contributed by atoms with Gasteiger partial charge >= 0.3 is 0 Å². The number of hydrogen-bond donors (Lipinski definition) is 3. The zero-order chi connectivity index (χ0) is 37.1. The molecule has 0 heterocycles. The summed E-state index contributed by atoms with van der Waals surface area (Å²) < 4.78 is 0. The summed E-state index contributed by atoms with van der Waals surface area (Å²) in [6, 6.07) is -0.616. The number of carbonyl (C=O) groups is 1. The average molecular weight is 720 g/mol. The summed E-state index contributed by atoms with van der Waals surface area (Å²) in [5.41, 5.74) is 0. The molecule has 0 aliphatic carbocycles. The van der Waals surface area contributed by atoms with E-state index in [2.05, 4.69) is 19.2 Å². The van der Waals surface area contributed by atoms with Gasteiger partial charge in [-0.15, -0.1) is 0 Å². The number of aliphatic hydroxyl groups is 2. The van der Waals surface area contributed by atoms with Crippen LogP contribution in [0.2, 0.25) is 0 Å². The van der Waals surface area contributed by atoms with Crippen LogP contribution >= 0.6 is 0 Å². The molecule has 0 spiro atoms. The molecule has 3 N–H and O–H groups in total. The van der Waals surface area contributed by atoms with E-state index in [1.165, 1.54) is 218 Å². The number of hydrogen-bond acceptors (Lipinski definition) is 3. The first-order chi connectivity index (χ1) is 25.2. The molecule has 4 heteroatoms. The van der Waals surface area contributed by atoms with Gasteiger partial charge in [-0.05, 0) is 19.3 Å². The van der Waals surface area contributed by atoms with Crippen LogP contribution in [0.3, 0.4) is 0 Å². The van der Waals surface area contributed by atoms with Gasteiger partial charge in [0, 0.05) is 6.42 Å². The topological polar surface area (TPSA) is 69.6 Å². The van der Waals surface area contributed by atoms with Crippen molar-refractivity contribution in [1.82, 2.24) is 5.32 Å². The van der Waals surface area contributed by atoms with Gasteiger partial charge in [-0.1, -0.05) is 251 Å². The molecule has 2 atom stereocenters. The van der Waals surface area contributed by atoms with Crippen molar-refractivity contribution in [2.24, 2.45) is 0 Å². The third-order valence-electron chi connectivity index (χ3n) is 11.0. The van der Waals surface area contributed by atoms with E-state index < -0.39 is 12.1 Å². The number of nitrogens with one attached hydrogen (secondary N) is 1. The number of carbonyl (C=O) groups excluding carboxylic acids is 1. The van der Waals surface area contributed by atoms with Crippen molar-refractivity contribution in [3.63, 3.8) is 0 Å². The van der Waals surface area contributed by atoms with Crippen LogP contribution in [-0.4, -0.2) is 34.9 Å². The van der Waals surface area contributed by atoms with E-state index in [4.69, 9.17) is 0 Å². The Morgan fingerprint density at radius 3 is 1.02 bits per heavy atom. The Hall–Kier alpha value is -0.870. The van der Waals surface area contributed by atoms with Crippen molar-refractivity contribution in [2.75, 3.05) is 6.61 Å². The Bertz CT molecular complexity index is 695. The highest BCUT2D eigenvalue weighted by Crippen LogP contribution is 2.17. The largest absolute Gasteiger partial charge is 0.394 e. The Balaban J connectivity index is 3.46. The van der Waals surface area contributed by atoms with Crippen LogP contribution in [0.5, 0.6) is 0 Å².